The lowest BCUT2D eigenvalue weighted by Gasteiger charge is -2.11. The number of allylic oxidation sites excluding steroid dienone is 2. The Labute approximate surface area is 193 Å². The van der Waals surface area contributed by atoms with Crippen LogP contribution in [-0.4, -0.2) is 32.4 Å². The lowest BCUT2D eigenvalue weighted by Crippen LogP contribution is -2.28. The second-order valence-corrected chi connectivity index (χ2v) is 8.48. The van der Waals surface area contributed by atoms with Crippen molar-refractivity contribution in [3.05, 3.63) is 92.7 Å². The number of thioether (sulfide) groups is 1. The van der Waals surface area contributed by atoms with Crippen molar-refractivity contribution < 1.29 is 9.72 Å². The first-order chi connectivity index (χ1) is 15.6. The number of nitro groups is 1. The first-order valence-electron chi connectivity index (χ1n) is 9.78. The van der Waals surface area contributed by atoms with Gasteiger partial charge in [-0.15, -0.1) is 11.3 Å². The van der Waals surface area contributed by atoms with Gasteiger partial charge in [0, 0.05) is 23.6 Å². The van der Waals surface area contributed by atoms with Gasteiger partial charge in [-0.25, -0.2) is 4.98 Å². The van der Waals surface area contributed by atoms with E-state index in [1.807, 2.05) is 42.6 Å². The highest BCUT2D eigenvalue weighted by Gasteiger charge is 2.32. The van der Waals surface area contributed by atoms with Gasteiger partial charge in [0.2, 0.25) is 5.13 Å². The molecule has 32 heavy (non-hydrogen) atoms. The van der Waals surface area contributed by atoms with Crippen LogP contribution < -0.4 is 0 Å². The molecule has 0 saturated carbocycles. The van der Waals surface area contributed by atoms with Crippen LogP contribution in [0.25, 0.3) is 17.3 Å². The van der Waals surface area contributed by atoms with E-state index in [1.165, 1.54) is 29.2 Å². The summed E-state index contributed by atoms with van der Waals surface area (Å²) in [7, 11) is 0. The Morgan fingerprint density at radius 3 is 2.66 bits per heavy atom. The molecule has 1 aromatic heterocycles. The summed E-state index contributed by atoms with van der Waals surface area (Å²) in [6, 6.07) is 16.3. The van der Waals surface area contributed by atoms with E-state index in [-0.39, 0.29) is 11.6 Å². The monoisotopic (exact) mass is 462 g/mol. The zero-order valence-electron chi connectivity index (χ0n) is 17.0. The Morgan fingerprint density at radius 1 is 1.16 bits per heavy atom. The SMILES string of the molecule is CCN1C(=O)/C(=C/C=C/c2ccccc2[N+](=O)[O-])S/C1=N/c1nc(-c2ccccc2)cs1. The van der Waals surface area contributed by atoms with E-state index in [0.29, 0.717) is 27.3 Å². The van der Waals surface area contributed by atoms with Crippen LogP contribution >= 0.6 is 23.1 Å². The number of carbonyl (C=O) groups excluding carboxylic acids is 1. The predicted molar refractivity (Wildman–Crippen MR) is 130 cm³/mol. The topological polar surface area (TPSA) is 88.7 Å². The standard InChI is InChI=1S/C23H18N4O3S2/c1-2-26-21(28)20(14-8-12-17-11-6-7-13-19(17)27(29)30)32-23(26)25-22-24-18(15-31-22)16-9-4-3-5-10-16/h3-15H,2H2,1H3/b12-8+,20-14-,25-23+. The van der Waals surface area contributed by atoms with Gasteiger partial charge in [-0.2, -0.15) is 4.99 Å². The number of likely N-dealkylation sites (N-methyl/N-ethyl adjacent to an activating group) is 1. The molecule has 0 radical (unpaired) electrons. The van der Waals surface area contributed by atoms with Crippen molar-refractivity contribution in [2.24, 2.45) is 4.99 Å². The molecular weight excluding hydrogens is 444 g/mol. The molecule has 7 nitrogen and oxygen atoms in total. The number of hydrogen-bond acceptors (Lipinski definition) is 7. The zero-order valence-corrected chi connectivity index (χ0v) is 18.7. The number of aliphatic imine (C=N–C) groups is 1. The Morgan fingerprint density at radius 2 is 1.91 bits per heavy atom. The first-order valence-corrected chi connectivity index (χ1v) is 11.5. The third-order valence-corrected chi connectivity index (χ3v) is 6.37. The Bertz CT molecular complexity index is 1250. The molecule has 1 saturated heterocycles. The van der Waals surface area contributed by atoms with E-state index < -0.39 is 4.92 Å². The molecule has 9 heteroatoms. The van der Waals surface area contributed by atoms with Crippen molar-refractivity contribution in [3.63, 3.8) is 0 Å². The van der Waals surface area contributed by atoms with E-state index >= 15 is 0 Å². The second kappa shape index (κ2) is 9.71. The lowest BCUT2D eigenvalue weighted by molar-refractivity contribution is -0.385. The maximum absolute atomic E-state index is 12.8. The fraction of sp³-hybridized carbons (Fsp3) is 0.0870. The molecule has 160 valence electrons. The third-order valence-electron chi connectivity index (χ3n) is 4.61. The van der Waals surface area contributed by atoms with Gasteiger partial charge in [0.05, 0.1) is 21.1 Å². The highest BCUT2D eigenvalue weighted by Crippen LogP contribution is 2.34. The first kappa shape index (κ1) is 21.7. The molecule has 1 aliphatic rings. The van der Waals surface area contributed by atoms with E-state index in [9.17, 15) is 14.9 Å². The lowest BCUT2D eigenvalue weighted by atomic mass is 10.1. The Kier molecular flexibility index (Phi) is 6.58. The van der Waals surface area contributed by atoms with Crippen molar-refractivity contribution in [2.45, 2.75) is 6.92 Å². The van der Waals surface area contributed by atoms with Crippen molar-refractivity contribution in [1.29, 1.82) is 0 Å². The summed E-state index contributed by atoms with van der Waals surface area (Å²) in [5.74, 6) is -0.150. The number of amides is 1. The molecule has 0 spiro atoms. The van der Waals surface area contributed by atoms with E-state index in [0.717, 1.165) is 11.3 Å². The maximum Gasteiger partial charge on any atom is 0.276 e. The highest BCUT2D eigenvalue weighted by atomic mass is 32.2. The van der Waals surface area contributed by atoms with Crippen LogP contribution in [-0.2, 0) is 4.79 Å². The Balaban J connectivity index is 1.56. The van der Waals surface area contributed by atoms with Gasteiger partial charge >= 0.3 is 0 Å². The summed E-state index contributed by atoms with van der Waals surface area (Å²) in [6.45, 7) is 2.37. The number of rotatable bonds is 6. The molecular formula is C23H18N4O3S2. The number of amidine groups is 1. The average Bonchev–Trinajstić information content (AvgIpc) is 3.39. The number of para-hydroxylation sites is 1. The number of nitro benzene ring substituents is 1. The smallest absolute Gasteiger partial charge is 0.276 e. The minimum absolute atomic E-state index is 0.0166. The number of benzene rings is 2. The minimum Gasteiger partial charge on any atom is -0.287 e. The fourth-order valence-electron chi connectivity index (χ4n) is 3.06. The molecule has 0 aliphatic carbocycles. The van der Waals surface area contributed by atoms with Crippen LogP contribution in [0.5, 0.6) is 0 Å². The van der Waals surface area contributed by atoms with Crippen molar-refractivity contribution >= 4 is 51.1 Å². The van der Waals surface area contributed by atoms with Gasteiger partial charge in [-0.1, -0.05) is 48.5 Å². The number of aromatic nitrogens is 1. The second-order valence-electron chi connectivity index (χ2n) is 6.63. The molecule has 2 heterocycles. The van der Waals surface area contributed by atoms with Crippen LogP contribution in [0.15, 0.2) is 82.0 Å². The van der Waals surface area contributed by atoms with Crippen LogP contribution in [0.1, 0.15) is 12.5 Å². The number of nitrogens with zero attached hydrogens (tertiary/aromatic N) is 4. The van der Waals surface area contributed by atoms with E-state index in [2.05, 4.69) is 9.98 Å². The summed E-state index contributed by atoms with van der Waals surface area (Å²) in [5, 5.41) is 14.2. The molecule has 1 fully saturated rings. The summed E-state index contributed by atoms with van der Waals surface area (Å²) < 4.78 is 0. The highest BCUT2D eigenvalue weighted by molar-refractivity contribution is 8.18. The van der Waals surface area contributed by atoms with Crippen LogP contribution in [0.3, 0.4) is 0 Å². The Hall–Kier alpha value is -3.56. The normalized spacial score (nSPS) is 16.5. The summed E-state index contributed by atoms with van der Waals surface area (Å²) in [4.78, 5) is 34.8. The molecule has 4 rings (SSSR count). The largest absolute Gasteiger partial charge is 0.287 e. The van der Waals surface area contributed by atoms with E-state index in [1.54, 1.807) is 41.3 Å². The molecule has 0 atom stereocenters. The molecule has 0 N–H and O–H groups in total. The van der Waals surface area contributed by atoms with Crippen LogP contribution in [0, 0.1) is 10.1 Å². The third kappa shape index (κ3) is 4.68. The van der Waals surface area contributed by atoms with Crippen LogP contribution in [0.4, 0.5) is 10.8 Å². The predicted octanol–water partition coefficient (Wildman–Crippen LogP) is 5.90. The fourth-order valence-corrected chi connectivity index (χ4v) is 4.81. The number of hydrogen-bond donors (Lipinski definition) is 0. The van der Waals surface area contributed by atoms with Crippen molar-refractivity contribution in [1.82, 2.24) is 9.88 Å². The molecule has 1 aliphatic heterocycles. The molecule has 0 unspecified atom stereocenters. The average molecular weight is 463 g/mol. The van der Waals surface area contributed by atoms with Gasteiger partial charge in [-0.05, 0) is 36.9 Å². The van der Waals surface area contributed by atoms with Gasteiger partial charge in [0.25, 0.3) is 11.6 Å². The molecule has 0 bridgehead atoms. The van der Waals surface area contributed by atoms with Crippen LogP contribution in [0.2, 0.25) is 0 Å². The summed E-state index contributed by atoms with van der Waals surface area (Å²) in [5.41, 5.74) is 2.35. The van der Waals surface area contributed by atoms with Gasteiger partial charge < -0.3 is 0 Å². The van der Waals surface area contributed by atoms with Crippen molar-refractivity contribution in [2.75, 3.05) is 6.54 Å². The van der Waals surface area contributed by atoms with Gasteiger partial charge in [-0.3, -0.25) is 19.8 Å². The summed E-state index contributed by atoms with van der Waals surface area (Å²) >= 11 is 2.68. The maximum atomic E-state index is 12.8. The number of thiazole rings is 1. The number of carbonyl (C=O) groups is 1. The van der Waals surface area contributed by atoms with E-state index in [4.69, 9.17) is 0 Å². The van der Waals surface area contributed by atoms with Gasteiger partial charge in [0.15, 0.2) is 5.17 Å². The molecule has 1 amide bonds. The summed E-state index contributed by atoms with van der Waals surface area (Å²) in [6.07, 6.45) is 4.93. The van der Waals surface area contributed by atoms with Gasteiger partial charge in [0.1, 0.15) is 0 Å². The molecule has 2 aromatic carbocycles. The zero-order chi connectivity index (χ0) is 22.5. The van der Waals surface area contributed by atoms with Crippen molar-refractivity contribution in [3.8, 4) is 11.3 Å². The quantitative estimate of drug-likeness (QED) is 0.259. The minimum atomic E-state index is -0.427. The molecule has 3 aromatic rings.